The number of benzene rings is 2. The topological polar surface area (TPSA) is 9.23 Å². The molecule has 0 amide bonds. The zero-order chi connectivity index (χ0) is 13.7. The second-order valence-electron chi connectivity index (χ2n) is 4.98. The molecule has 0 bridgehead atoms. The Morgan fingerprint density at radius 3 is 2.32 bits per heavy atom. The van der Waals surface area contributed by atoms with E-state index in [1.807, 2.05) is 12.1 Å². The first-order valence-corrected chi connectivity index (χ1v) is 6.98. The average Bonchev–Trinajstić information content (AvgIpc) is 2.45. The number of unbranched alkanes of at least 4 members (excludes halogenated alkanes) is 1. The van der Waals surface area contributed by atoms with E-state index in [9.17, 15) is 0 Å². The lowest BCUT2D eigenvalue weighted by Crippen LogP contribution is -1.89. The van der Waals surface area contributed by atoms with Crippen molar-refractivity contribution in [3.05, 3.63) is 53.6 Å². The van der Waals surface area contributed by atoms with E-state index in [-0.39, 0.29) is 0 Å². The number of hydrogen-bond acceptors (Lipinski definition) is 1. The fraction of sp³-hybridized carbons (Fsp3) is 0.333. The van der Waals surface area contributed by atoms with Crippen LogP contribution in [0.25, 0.3) is 11.1 Å². The van der Waals surface area contributed by atoms with Gasteiger partial charge in [0.1, 0.15) is 5.75 Å². The van der Waals surface area contributed by atoms with Gasteiger partial charge in [0.15, 0.2) is 0 Å². The molecule has 0 heterocycles. The molecule has 0 aliphatic heterocycles. The Morgan fingerprint density at radius 2 is 1.74 bits per heavy atom. The molecule has 2 aromatic carbocycles. The Kier molecular flexibility index (Phi) is 4.62. The first-order chi connectivity index (χ1) is 9.24. The fourth-order valence-corrected chi connectivity index (χ4v) is 2.36. The van der Waals surface area contributed by atoms with Crippen LogP contribution in [-0.4, -0.2) is 7.11 Å². The predicted molar refractivity (Wildman–Crippen MR) is 81.8 cm³/mol. The first-order valence-electron chi connectivity index (χ1n) is 6.98. The molecule has 1 nitrogen and oxygen atoms in total. The summed E-state index contributed by atoms with van der Waals surface area (Å²) in [5.41, 5.74) is 5.35. The molecule has 0 unspecified atom stereocenters. The van der Waals surface area contributed by atoms with Crippen molar-refractivity contribution in [3.63, 3.8) is 0 Å². The van der Waals surface area contributed by atoms with Crippen LogP contribution in [-0.2, 0) is 6.42 Å². The lowest BCUT2D eigenvalue weighted by atomic mass is 9.97. The molecule has 0 radical (unpaired) electrons. The van der Waals surface area contributed by atoms with Crippen molar-refractivity contribution in [1.82, 2.24) is 0 Å². The van der Waals surface area contributed by atoms with Crippen molar-refractivity contribution in [2.24, 2.45) is 0 Å². The lowest BCUT2D eigenvalue weighted by molar-refractivity contribution is 0.415. The molecule has 0 aliphatic rings. The monoisotopic (exact) mass is 254 g/mol. The second-order valence-corrected chi connectivity index (χ2v) is 4.98. The van der Waals surface area contributed by atoms with Gasteiger partial charge >= 0.3 is 0 Å². The van der Waals surface area contributed by atoms with Gasteiger partial charge in [-0.15, -0.1) is 0 Å². The van der Waals surface area contributed by atoms with Crippen LogP contribution in [0.4, 0.5) is 0 Å². The van der Waals surface area contributed by atoms with Crippen molar-refractivity contribution >= 4 is 0 Å². The molecule has 2 rings (SSSR count). The quantitative estimate of drug-likeness (QED) is 0.728. The minimum atomic E-state index is 0.904. The van der Waals surface area contributed by atoms with Crippen molar-refractivity contribution < 1.29 is 4.74 Å². The van der Waals surface area contributed by atoms with Crippen LogP contribution in [0.3, 0.4) is 0 Å². The van der Waals surface area contributed by atoms with Crippen molar-refractivity contribution in [1.29, 1.82) is 0 Å². The van der Waals surface area contributed by atoms with Crippen molar-refractivity contribution in [2.75, 3.05) is 7.11 Å². The summed E-state index contributed by atoms with van der Waals surface area (Å²) >= 11 is 0. The lowest BCUT2D eigenvalue weighted by Gasteiger charge is -2.09. The third-order valence-electron chi connectivity index (χ3n) is 3.51. The number of methoxy groups -OCH3 is 1. The third-order valence-corrected chi connectivity index (χ3v) is 3.51. The van der Waals surface area contributed by atoms with Gasteiger partial charge in [0.25, 0.3) is 0 Å². The SMILES string of the molecule is CCCCc1ccc(-c2ccc(OC)cc2)c(C)c1. The highest BCUT2D eigenvalue weighted by Crippen LogP contribution is 2.26. The average molecular weight is 254 g/mol. The minimum Gasteiger partial charge on any atom is -0.497 e. The van der Waals surface area contributed by atoms with E-state index in [1.54, 1.807) is 7.11 Å². The largest absolute Gasteiger partial charge is 0.497 e. The minimum absolute atomic E-state index is 0.904. The van der Waals surface area contributed by atoms with Gasteiger partial charge < -0.3 is 4.74 Å². The van der Waals surface area contributed by atoms with E-state index in [0.717, 1.165) is 5.75 Å². The zero-order valence-corrected chi connectivity index (χ0v) is 12.1. The number of rotatable bonds is 5. The van der Waals surface area contributed by atoms with Gasteiger partial charge in [-0.05, 0) is 54.2 Å². The molecule has 1 heteroatoms. The summed E-state index contributed by atoms with van der Waals surface area (Å²) in [6.45, 7) is 4.42. The highest BCUT2D eigenvalue weighted by Gasteiger charge is 2.03. The molecule has 100 valence electrons. The Hall–Kier alpha value is -1.76. The highest BCUT2D eigenvalue weighted by molar-refractivity contribution is 5.68. The molecule has 0 N–H and O–H groups in total. The molecule has 0 saturated carbocycles. The summed E-state index contributed by atoms with van der Waals surface area (Å²) in [6, 6.07) is 15.1. The zero-order valence-electron chi connectivity index (χ0n) is 12.1. The van der Waals surface area contributed by atoms with E-state index in [2.05, 4.69) is 44.2 Å². The summed E-state index contributed by atoms with van der Waals surface area (Å²) in [5, 5.41) is 0. The summed E-state index contributed by atoms with van der Waals surface area (Å²) in [4.78, 5) is 0. The molecular formula is C18H22O. The molecule has 0 fully saturated rings. The van der Waals surface area contributed by atoms with E-state index < -0.39 is 0 Å². The van der Waals surface area contributed by atoms with Crippen LogP contribution in [0.1, 0.15) is 30.9 Å². The van der Waals surface area contributed by atoms with Crippen molar-refractivity contribution in [3.8, 4) is 16.9 Å². The van der Waals surface area contributed by atoms with Gasteiger partial charge in [0.05, 0.1) is 7.11 Å². The van der Waals surface area contributed by atoms with Crippen LogP contribution in [0, 0.1) is 6.92 Å². The molecule has 19 heavy (non-hydrogen) atoms. The van der Waals surface area contributed by atoms with Crippen LogP contribution in [0.15, 0.2) is 42.5 Å². The van der Waals surface area contributed by atoms with Gasteiger partial charge in [0.2, 0.25) is 0 Å². The standard InChI is InChI=1S/C18H22O/c1-4-5-6-15-7-12-18(14(2)13-15)16-8-10-17(19-3)11-9-16/h7-13H,4-6H2,1-3H3. The highest BCUT2D eigenvalue weighted by atomic mass is 16.5. The maximum Gasteiger partial charge on any atom is 0.118 e. The normalized spacial score (nSPS) is 10.5. The summed E-state index contributed by atoms with van der Waals surface area (Å²) in [5.74, 6) is 0.904. The summed E-state index contributed by atoms with van der Waals surface area (Å²) < 4.78 is 5.20. The molecular weight excluding hydrogens is 232 g/mol. The molecule has 0 spiro atoms. The summed E-state index contributed by atoms with van der Waals surface area (Å²) in [7, 11) is 1.70. The number of aryl methyl sites for hydroxylation is 2. The number of hydrogen-bond donors (Lipinski definition) is 0. The van der Waals surface area contributed by atoms with Gasteiger partial charge in [-0.25, -0.2) is 0 Å². The van der Waals surface area contributed by atoms with E-state index in [1.165, 1.54) is 41.5 Å². The molecule has 0 atom stereocenters. The third kappa shape index (κ3) is 3.37. The second kappa shape index (κ2) is 6.42. The van der Waals surface area contributed by atoms with Gasteiger partial charge in [-0.2, -0.15) is 0 Å². The molecule has 2 aromatic rings. The van der Waals surface area contributed by atoms with Gasteiger partial charge in [-0.1, -0.05) is 43.7 Å². The van der Waals surface area contributed by atoms with E-state index >= 15 is 0 Å². The molecule has 0 aliphatic carbocycles. The van der Waals surface area contributed by atoms with E-state index in [4.69, 9.17) is 4.74 Å². The van der Waals surface area contributed by atoms with Gasteiger partial charge in [-0.3, -0.25) is 0 Å². The maximum absolute atomic E-state index is 5.20. The maximum atomic E-state index is 5.20. The Bertz CT molecular complexity index is 526. The van der Waals surface area contributed by atoms with Crippen LogP contribution >= 0.6 is 0 Å². The van der Waals surface area contributed by atoms with Gasteiger partial charge in [0, 0.05) is 0 Å². The molecule has 0 saturated heterocycles. The fourth-order valence-electron chi connectivity index (χ4n) is 2.36. The molecule has 0 aromatic heterocycles. The van der Waals surface area contributed by atoms with Crippen molar-refractivity contribution in [2.45, 2.75) is 33.1 Å². The summed E-state index contributed by atoms with van der Waals surface area (Å²) in [6.07, 6.45) is 3.70. The van der Waals surface area contributed by atoms with E-state index in [0.29, 0.717) is 0 Å². The van der Waals surface area contributed by atoms with Crippen LogP contribution in [0.2, 0.25) is 0 Å². The van der Waals surface area contributed by atoms with Crippen LogP contribution in [0.5, 0.6) is 5.75 Å². The first kappa shape index (κ1) is 13.7. The van der Waals surface area contributed by atoms with Crippen LogP contribution < -0.4 is 4.74 Å². The Balaban J connectivity index is 2.24. The Labute approximate surface area is 116 Å². The number of ether oxygens (including phenoxy) is 1. The Morgan fingerprint density at radius 1 is 1.00 bits per heavy atom. The predicted octanol–water partition coefficient (Wildman–Crippen LogP) is 5.01. The smallest absolute Gasteiger partial charge is 0.118 e.